The zero-order valence-corrected chi connectivity index (χ0v) is 12.8. The summed E-state index contributed by atoms with van der Waals surface area (Å²) in [5.74, 6) is 0. The maximum absolute atomic E-state index is 12.8. The number of pyridine rings is 1. The minimum Gasteiger partial charge on any atom is -0.323 e. The van der Waals surface area contributed by atoms with Crippen molar-refractivity contribution >= 4 is 20.9 Å². The Balaban J connectivity index is 1.96. The highest BCUT2D eigenvalue weighted by molar-refractivity contribution is 7.89. The van der Waals surface area contributed by atoms with Crippen LogP contribution in [0.15, 0.2) is 41.4 Å². The van der Waals surface area contributed by atoms with Crippen LogP contribution in [0.2, 0.25) is 0 Å². The van der Waals surface area contributed by atoms with Crippen LogP contribution in [0.25, 0.3) is 10.9 Å². The van der Waals surface area contributed by atoms with Gasteiger partial charge < -0.3 is 5.73 Å². The Labute approximate surface area is 124 Å². The lowest BCUT2D eigenvalue weighted by atomic mass is 9.89. The molecule has 6 heteroatoms. The van der Waals surface area contributed by atoms with Crippen molar-refractivity contribution in [1.82, 2.24) is 9.29 Å². The van der Waals surface area contributed by atoms with Gasteiger partial charge >= 0.3 is 0 Å². The minimum atomic E-state index is -3.50. The smallest absolute Gasteiger partial charge is 0.243 e. The average molecular weight is 305 g/mol. The highest BCUT2D eigenvalue weighted by Gasteiger charge is 2.45. The Morgan fingerprint density at radius 1 is 1.29 bits per heavy atom. The van der Waals surface area contributed by atoms with Crippen molar-refractivity contribution in [3.05, 3.63) is 36.5 Å². The highest BCUT2D eigenvalue weighted by atomic mass is 32.2. The molecule has 0 amide bonds. The molecule has 0 aliphatic carbocycles. The van der Waals surface area contributed by atoms with E-state index in [1.54, 1.807) is 30.5 Å². The molecule has 2 heterocycles. The van der Waals surface area contributed by atoms with E-state index in [4.69, 9.17) is 5.73 Å². The van der Waals surface area contributed by atoms with Gasteiger partial charge in [-0.15, -0.1) is 0 Å². The molecule has 5 nitrogen and oxygen atoms in total. The summed E-state index contributed by atoms with van der Waals surface area (Å²) in [6, 6.07) is 8.71. The number of aromatic nitrogens is 1. The van der Waals surface area contributed by atoms with Crippen molar-refractivity contribution in [2.24, 2.45) is 5.73 Å². The van der Waals surface area contributed by atoms with Crippen LogP contribution in [0.4, 0.5) is 0 Å². The molecule has 0 radical (unpaired) electrons. The topological polar surface area (TPSA) is 76.3 Å². The third-order valence-electron chi connectivity index (χ3n) is 3.95. The van der Waals surface area contributed by atoms with Crippen LogP contribution in [0.5, 0.6) is 0 Å². The lowest BCUT2D eigenvalue weighted by Crippen LogP contribution is -2.68. The fourth-order valence-corrected chi connectivity index (χ4v) is 4.75. The van der Waals surface area contributed by atoms with Gasteiger partial charge in [0, 0.05) is 30.2 Å². The van der Waals surface area contributed by atoms with Gasteiger partial charge in [-0.3, -0.25) is 4.98 Å². The maximum Gasteiger partial charge on any atom is 0.243 e. The zero-order valence-electron chi connectivity index (χ0n) is 12.0. The highest BCUT2D eigenvalue weighted by Crippen LogP contribution is 2.32. The van der Waals surface area contributed by atoms with Gasteiger partial charge in [-0.25, -0.2) is 8.42 Å². The number of nitrogens with zero attached hydrogens (tertiary/aromatic N) is 2. The van der Waals surface area contributed by atoms with Crippen LogP contribution in [-0.2, 0) is 10.0 Å². The Kier molecular flexibility index (Phi) is 3.47. The average Bonchev–Trinajstić information content (AvgIpc) is 2.44. The number of nitrogens with two attached hydrogens (primary N) is 1. The molecule has 0 bridgehead atoms. The summed E-state index contributed by atoms with van der Waals surface area (Å²) < 4.78 is 27.0. The molecule has 1 aliphatic heterocycles. The van der Waals surface area contributed by atoms with Gasteiger partial charge in [0.15, 0.2) is 0 Å². The molecular weight excluding hydrogens is 286 g/mol. The molecule has 3 rings (SSSR count). The van der Waals surface area contributed by atoms with Crippen molar-refractivity contribution in [2.75, 3.05) is 13.1 Å². The number of fused-ring (bicyclic) bond motifs is 1. The second-order valence-electron chi connectivity index (χ2n) is 5.71. The Hall–Kier alpha value is -1.50. The van der Waals surface area contributed by atoms with Crippen LogP contribution in [0.1, 0.15) is 19.8 Å². The summed E-state index contributed by atoms with van der Waals surface area (Å²) in [4.78, 5) is 4.52. The second kappa shape index (κ2) is 5.05. The van der Waals surface area contributed by atoms with Gasteiger partial charge in [0.25, 0.3) is 0 Å². The first kappa shape index (κ1) is 14.4. The summed E-state index contributed by atoms with van der Waals surface area (Å²) in [6.07, 6.45) is 3.47. The van der Waals surface area contributed by atoms with E-state index in [1.807, 2.05) is 6.07 Å². The Morgan fingerprint density at radius 3 is 2.76 bits per heavy atom. The van der Waals surface area contributed by atoms with E-state index >= 15 is 0 Å². The summed E-state index contributed by atoms with van der Waals surface area (Å²) in [6.45, 7) is 2.84. The normalized spacial score (nSPS) is 18.6. The summed E-state index contributed by atoms with van der Waals surface area (Å²) >= 11 is 0. The molecule has 1 fully saturated rings. The van der Waals surface area contributed by atoms with E-state index in [2.05, 4.69) is 11.9 Å². The molecule has 0 unspecified atom stereocenters. The zero-order chi connectivity index (χ0) is 15.1. The van der Waals surface area contributed by atoms with Gasteiger partial charge in [-0.2, -0.15) is 4.31 Å². The number of sulfonamides is 1. The molecule has 1 aromatic heterocycles. The molecule has 2 aromatic rings. The fourth-order valence-electron chi connectivity index (χ4n) is 2.92. The predicted molar refractivity (Wildman–Crippen MR) is 82.3 cm³/mol. The first-order chi connectivity index (χ1) is 9.96. The molecule has 0 atom stereocenters. The summed E-state index contributed by atoms with van der Waals surface area (Å²) in [7, 11) is -3.50. The molecular formula is C15H19N3O2S. The van der Waals surface area contributed by atoms with E-state index in [0.717, 1.165) is 12.8 Å². The van der Waals surface area contributed by atoms with E-state index in [-0.39, 0.29) is 5.54 Å². The van der Waals surface area contributed by atoms with Crippen LogP contribution in [0.3, 0.4) is 0 Å². The molecule has 1 aliphatic rings. The first-order valence-corrected chi connectivity index (χ1v) is 8.53. The van der Waals surface area contributed by atoms with Gasteiger partial charge in [0.05, 0.1) is 10.4 Å². The van der Waals surface area contributed by atoms with E-state index in [9.17, 15) is 8.42 Å². The third-order valence-corrected chi connectivity index (χ3v) is 5.80. The standard InChI is InChI=1S/C15H19N3O2S/c1-2-8-15(16)10-18(11-15)21(19,20)14-7-3-6-13-12(14)5-4-9-17-13/h3-7,9H,2,8,10-11,16H2,1H3. The molecule has 21 heavy (non-hydrogen) atoms. The summed E-state index contributed by atoms with van der Waals surface area (Å²) in [5.41, 5.74) is 6.49. The van der Waals surface area contributed by atoms with Crippen molar-refractivity contribution in [3.8, 4) is 0 Å². The second-order valence-corrected chi connectivity index (χ2v) is 7.62. The molecule has 1 aromatic carbocycles. The van der Waals surface area contributed by atoms with Gasteiger partial charge in [0.2, 0.25) is 10.0 Å². The van der Waals surface area contributed by atoms with Gasteiger partial charge in [0.1, 0.15) is 0 Å². The van der Waals surface area contributed by atoms with Crippen molar-refractivity contribution < 1.29 is 8.42 Å². The minimum absolute atomic E-state index is 0.312. The van der Waals surface area contributed by atoms with Crippen LogP contribution >= 0.6 is 0 Å². The predicted octanol–water partition coefficient (Wildman–Crippen LogP) is 1.74. The van der Waals surface area contributed by atoms with Gasteiger partial charge in [-0.05, 0) is 30.7 Å². The lowest BCUT2D eigenvalue weighted by Gasteiger charge is -2.46. The van der Waals surface area contributed by atoms with Crippen molar-refractivity contribution in [1.29, 1.82) is 0 Å². The van der Waals surface area contributed by atoms with E-state index in [0.29, 0.717) is 28.9 Å². The van der Waals surface area contributed by atoms with Crippen LogP contribution in [0, 0.1) is 0 Å². The third kappa shape index (κ3) is 2.43. The molecule has 0 spiro atoms. The van der Waals surface area contributed by atoms with Crippen molar-refractivity contribution in [3.63, 3.8) is 0 Å². The van der Waals surface area contributed by atoms with Crippen molar-refractivity contribution in [2.45, 2.75) is 30.2 Å². The van der Waals surface area contributed by atoms with E-state index < -0.39 is 10.0 Å². The fraction of sp³-hybridized carbons (Fsp3) is 0.400. The van der Waals surface area contributed by atoms with Crippen LogP contribution in [-0.4, -0.2) is 36.3 Å². The molecule has 0 saturated carbocycles. The summed E-state index contributed by atoms with van der Waals surface area (Å²) in [5, 5.41) is 0.657. The Bertz CT molecular complexity index is 762. The molecule has 112 valence electrons. The SMILES string of the molecule is CCCC1(N)CN(S(=O)(=O)c2cccc3ncccc23)C1. The first-order valence-electron chi connectivity index (χ1n) is 7.09. The monoisotopic (exact) mass is 305 g/mol. The Morgan fingerprint density at radius 2 is 2.05 bits per heavy atom. The quantitative estimate of drug-likeness (QED) is 0.933. The number of hydrogen-bond acceptors (Lipinski definition) is 4. The van der Waals surface area contributed by atoms with Gasteiger partial charge in [-0.1, -0.05) is 19.4 Å². The number of hydrogen-bond donors (Lipinski definition) is 1. The number of benzene rings is 1. The molecule has 1 saturated heterocycles. The largest absolute Gasteiger partial charge is 0.323 e. The van der Waals surface area contributed by atoms with Crippen LogP contribution < -0.4 is 5.73 Å². The molecule has 2 N–H and O–H groups in total. The number of rotatable bonds is 4. The maximum atomic E-state index is 12.8. The lowest BCUT2D eigenvalue weighted by molar-refractivity contribution is 0.147. The van der Waals surface area contributed by atoms with E-state index in [1.165, 1.54) is 4.31 Å².